The van der Waals surface area contributed by atoms with E-state index in [9.17, 15) is 4.39 Å². The number of hydrogen-bond donors (Lipinski definition) is 1. The summed E-state index contributed by atoms with van der Waals surface area (Å²) in [5, 5.41) is 3.85. The first-order valence-electron chi connectivity index (χ1n) is 6.11. The Hall–Kier alpha value is -1.29. The Morgan fingerprint density at radius 1 is 1.15 bits per heavy atom. The van der Waals surface area contributed by atoms with Gasteiger partial charge < -0.3 is 10.1 Å². The van der Waals surface area contributed by atoms with E-state index in [1.807, 2.05) is 13.0 Å². The summed E-state index contributed by atoms with van der Waals surface area (Å²) >= 11 is 11.8. The van der Waals surface area contributed by atoms with Gasteiger partial charge in [-0.3, -0.25) is 0 Å². The summed E-state index contributed by atoms with van der Waals surface area (Å²) in [5.74, 6) is 0.206. The molecular formula is C15H14Cl2FNO. The standard InChI is InChI=1S/C15H14Cl2FNO/c1-9(19-2)11-4-3-5-14(18)15(11)20-10-6-7-12(16)13(17)8-10/h3-9,19H,1-2H3. The zero-order valence-corrected chi connectivity index (χ0v) is 12.6. The lowest BCUT2D eigenvalue weighted by Gasteiger charge is -2.17. The average Bonchev–Trinajstić information content (AvgIpc) is 2.44. The van der Waals surface area contributed by atoms with Crippen molar-refractivity contribution < 1.29 is 9.13 Å². The molecule has 1 N–H and O–H groups in total. The van der Waals surface area contributed by atoms with E-state index in [1.165, 1.54) is 6.07 Å². The third-order valence-corrected chi connectivity index (χ3v) is 3.75. The number of halogens is 3. The Bertz CT molecular complexity index is 619. The van der Waals surface area contributed by atoms with E-state index < -0.39 is 5.82 Å². The van der Waals surface area contributed by atoms with E-state index in [2.05, 4.69) is 5.32 Å². The van der Waals surface area contributed by atoms with Gasteiger partial charge in [-0.25, -0.2) is 4.39 Å². The van der Waals surface area contributed by atoms with Crippen molar-refractivity contribution in [1.82, 2.24) is 5.32 Å². The van der Waals surface area contributed by atoms with Gasteiger partial charge in [0, 0.05) is 17.7 Å². The topological polar surface area (TPSA) is 21.3 Å². The van der Waals surface area contributed by atoms with Crippen LogP contribution in [0.4, 0.5) is 4.39 Å². The largest absolute Gasteiger partial charge is 0.454 e. The summed E-state index contributed by atoms with van der Waals surface area (Å²) in [6.45, 7) is 1.93. The van der Waals surface area contributed by atoms with Gasteiger partial charge in [-0.05, 0) is 32.2 Å². The van der Waals surface area contributed by atoms with E-state index in [-0.39, 0.29) is 11.8 Å². The first-order valence-corrected chi connectivity index (χ1v) is 6.87. The Kier molecular flexibility index (Phi) is 4.86. The normalized spacial score (nSPS) is 12.2. The molecule has 106 valence electrons. The fraction of sp³-hybridized carbons (Fsp3) is 0.200. The third-order valence-electron chi connectivity index (χ3n) is 3.01. The van der Waals surface area contributed by atoms with Crippen LogP contribution in [0.2, 0.25) is 10.0 Å². The highest BCUT2D eigenvalue weighted by atomic mass is 35.5. The molecule has 0 amide bonds. The van der Waals surface area contributed by atoms with Crippen LogP contribution in [0.3, 0.4) is 0 Å². The maximum Gasteiger partial charge on any atom is 0.167 e. The summed E-state index contributed by atoms with van der Waals surface area (Å²) in [4.78, 5) is 0. The molecular weight excluding hydrogens is 300 g/mol. The zero-order valence-electron chi connectivity index (χ0n) is 11.1. The van der Waals surface area contributed by atoms with Crippen LogP contribution in [0, 0.1) is 5.82 Å². The Labute approximate surface area is 127 Å². The molecule has 0 bridgehead atoms. The Morgan fingerprint density at radius 2 is 1.90 bits per heavy atom. The second-order valence-corrected chi connectivity index (χ2v) is 5.16. The molecule has 0 aliphatic heterocycles. The molecule has 20 heavy (non-hydrogen) atoms. The van der Waals surface area contributed by atoms with Crippen LogP contribution in [-0.2, 0) is 0 Å². The first-order chi connectivity index (χ1) is 9.52. The summed E-state index contributed by atoms with van der Waals surface area (Å²) in [7, 11) is 1.80. The molecule has 0 saturated heterocycles. The van der Waals surface area contributed by atoms with Crippen molar-refractivity contribution in [3.63, 3.8) is 0 Å². The van der Waals surface area contributed by atoms with Gasteiger partial charge in [0.05, 0.1) is 10.0 Å². The van der Waals surface area contributed by atoms with Crippen LogP contribution in [0.5, 0.6) is 11.5 Å². The molecule has 0 spiro atoms. The van der Waals surface area contributed by atoms with E-state index in [1.54, 1.807) is 31.3 Å². The van der Waals surface area contributed by atoms with Crippen LogP contribution in [0.25, 0.3) is 0 Å². The number of nitrogens with one attached hydrogen (secondary N) is 1. The summed E-state index contributed by atoms with van der Waals surface area (Å²) in [6, 6.07) is 9.61. The van der Waals surface area contributed by atoms with Gasteiger partial charge in [0.25, 0.3) is 0 Å². The lowest BCUT2D eigenvalue weighted by atomic mass is 10.1. The van der Waals surface area contributed by atoms with Crippen LogP contribution in [0.1, 0.15) is 18.5 Å². The van der Waals surface area contributed by atoms with Gasteiger partial charge in [-0.1, -0.05) is 35.3 Å². The number of para-hydroxylation sites is 1. The van der Waals surface area contributed by atoms with Crippen molar-refractivity contribution in [2.24, 2.45) is 0 Å². The Morgan fingerprint density at radius 3 is 2.55 bits per heavy atom. The second kappa shape index (κ2) is 6.44. The molecule has 1 unspecified atom stereocenters. The highest BCUT2D eigenvalue weighted by molar-refractivity contribution is 6.42. The molecule has 2 aromatic rings. The highest BCUT2D eigenvalue weighted by Gasteiger charge is 2.15. The molecule has 0 fully saturated rings. The smallest absolute Gasteiger partial charge is 0.167 e. The van der Waals surface area contributed by atoms with Crippen LogP contribution >= 0.6 is 23.2 Å². The monoisotopic (exact) mass is 313 g/mol. The van der Waals surface area contributed by atoms with Crippen molar-refractivity contribution in [1.29, 1.82) is 0 Å². The van der Waals surface area contributed by atoms with E-state index in [0.29, 0.717) is 15.8 Å². The lowest BCUT2D eigenvalue weighted by molar-refractivity contribution is 0.428. The quantitative estimate of drug-likeness (QED) is 0.837. The van der Waals surface area contributed by atoms with Crippen LogP contribution < -0.4 is 10.1 Å². The predicted molar refractivity (Wildman–Crippen MR) is 80.4 cm³/mol. The molecule has 1 atom stereocenters. The molecule has 2 rings (SSSR count). The van der Waals surface area contributed by atoms with E-state index >= 15 is 0 Å². The van der Waals surface area contributed by atoms with E-state index in [0.717, 1.165) is 5.56 Å². The van der Waals surface area contributed by atoms with Crippen molar-refractivity contribution in [2.45, 2.75) is 13.0 Å². The summed E-state index contributed by atoms with van der Waals surface area (Å²) in [6.07, 6.45) is 0. The van der Waals surface area contributed by atoms with Gasteiger partial charge in [-0.2, -0.15) is 0 Å². The van der Waals surface area contributed by atoms with Crippen LogP contribution in [-0.4, -0.2) is 7.05 Å². The predicted octanol–water partition coefficient (Wildman–Crippen LogP) is 5.21. The van der Waals surface area contributed by atoms with Crippen molar-refractivity contribution >= 4 is 23.2 Å². The molecule has 0 radical (unpaired) electrons. The lowest BCUT2D eigenvalue weighted by Crippen LogP contribution is -2.13. The molecule has 2 aromatic carbocycles. The maximum absolute atomic E-state index is 14.0. The molecule has 0 aliphatic carbocycles. The molecule has 0 aromatic heterocycles. The van der Waals surface area contributed by atoms with Crippen LogP contribution in [0.15, 0.2) is 36.4 Å². The minimum atomic E-state index is -0.421. The fourth-order valence-electron chi connectivity index (χ4n) is 1.79. The molecule has 2 nitrogen and oxygen atoms in total. The van der Waals surface area contributed by atoms with Crippen molar-refractivity contribution in [3.05, 3.63) is 57.8 Å². The summed E-state index contributed by atoms with van der Waals surface area (Å²) in [5.41, 5.74) is 0.735. The maximum atomic E-state index is 14.0. The zero-order chi connectivity index (χ0) is 14.7. The van der Waals surface area contributed by atoms with Gasteiger partial charge >= 0.3 is 0 Å². The van der Waals surface area contributed by atoms with Crippen molar-refractivity contribution in [3.8, 4) is 11.5 Å². The second-order valence-electron chi connectivity index (χ2n) is 4.35. The van der Waals surface area contributed by atoms with Gasteiger partial charge in [0.1, 0.15) is 5.75 Å². The number of ether oxygens (including phenoxy) is 1. The highest BCUT2D eigenvalue weighted by Crippen LogP contribution is 2.34. The van der Waals surface area contributed by atoms with Gasteiger partial charge in [0.2, 0.25) is 0 Å². The minimum absolute atomic E-state index is 0.0385. The third kappa shape index (κ3) is 3.23. The van der Waals surface area contributed by atoms with Crippen molar-refractivity contribution in [2.75, 3.05) is 7.05 Å². The van der Waals surface area contributed by atoms with Gasteiger partial charge in [-0.15, -0.1) is 0 Å². The molecule has 0 aliphatic rings. The average molecular weight is 314 g/mol. The molecule has 0 saturated carbocycles. The van der Waals surface area contributed by atoms with Gasteiger partial charge in [0.15, 0.2) is 11.6 Å². The summed E-state index contributed by atoms with van der Waals surface area (Å²) < 4.78 is 19.6. The fourth-order valence-corrected chi connectivity index (χ4v) is 2.08. The SMILES string of the molecule is CNC(C)c1cccc(F)c1Oc1ccc(Cl)c(Cl)c1. The first kappa shape index (κ1) is 15.1. The molecule has 5 heteroatoms. The number of hydrogen-bond acceptors (Lipinski definition) is 2. The molecule has 0 heterocycles. The van der Waals surface area contributed by atoms with E-state index in [4.69, 9.17) is 27.9 Å². The minimum Gasteiger partial charge on any atom is -0.454 e. The number of rotatable bonds is 4. The number of benzene rings is 2. The Balaban J connectivity index is 2.39.